The maximum atomic E-state index is 13.3. The lowest BCUT2D eigenvalue weighted by Gasteiger charge is -2.45. The van der Waals surface area contributed by atoms with Crippen LogP contribution in [-0.4, -0.2) is 29.7 Å². The lowest BCUT2D eigenvalue weighted by molar-refractivity contribution is -0.124. The Labute approximate surface area is 153 Å². The number of halogens is 1. The second-order valence-electron chi connectivity index (χ2n) is 6.50. The fraction of sp³-hybridized carbons (Fsp3) is 0.444. The summed E-state index contributed by atoms with van der Waals surface area (Å²) in [5.74, 6) is 0.845. The first kappa shape index (κ1) is 17.8. The van der Waals surface area contributed by atoms with Crippen LogP contribution < -0.4 is 15.5 Å². The molecular formula is C18H23ClN4O2. The number of rotatable bonds is 3. The first-order valence-corrected chi connectivity index (χ1v) is 8.56. The van der Waals surface area contributed by atoms with Crippen LogP contribution in [0.15, 0.2) is 34.9 Å². The zero-order valence-electron chi connectivity index (χ0n) is 14.2. The van der Waals surface area contributed by atoms with Crippen molar-refractivity contribution in [1.29, 1.82) is 0 Å². The number of anilines is 2. The van der Waals surface area contributed by atoms with E-state index in [-0.39, 0.29) is 18.3 Å². The maximum absolute atomic E-state index is 13.3. The van der Waals surface area contributed by atoms with E-state index < -0.39 is 5.54 Å². The van der Waals surface area contributed by atoms with Crippen LogP contribution in [0.1, 0.15) is 31.2 Å². The number of amides is 1. The molecule has 2 aliphatic rings. The van der Waals surface area contributed by atoms with Gasteiger partial charge in [-0.05, 0) is 44.5 Å². The third-order valence-corrected chi connectivity index (χ3v) is 4.96. The molecule has 2 N–H and O–H groups in total. The SMILES string of the molecule is CCc1cc(CN2C(=O)C3(CCNCC3)Nc3ccccc32)on1.Cl. The van der Waals surface area contributed by atoms with Gasteiger partial charge in [-0.25, -0.2) is 0 Å². The number of nitrogens with zero attached hydrogens (tertiary/aromatic N) is 2. The third-order valence-electron chi connectivity index (χ3n) is 4.96. The van der Waals surface area contributed by atoms with Crippen LogP contribution >= 0.6 is 12.4 Å². The number of benzene rings is 1. The van der Waals surface area contributed by atoms with Crippen molar-refractivity contribution in [3.8, 4) is 0 Å². The molecule has 1 aromatic carbocycles. The Morgan fingerprint density at radius 1 is 1.28 bits per heavy atom. The van der Waals surface area contributed by atoms with Gasteiger partial charge in [0.15, 0.2) is 5.76 Å². The van der Waals surface area contributed by atoms with Gasteiger partial charge in [-0.15, -0.1) is 12.4 Å². The third kappa shape index (κ3) is 3.12. The first-order chi connectivity index (χ1) is 11.7. The Morgan fingerprint density at radius 2 is 2.04 bits per heavy atom. The molecule has 0 bridgehead atoms. The minimum absolute atomic E-state index is 0. The number of hydrogen-bond acceptors (Lipinski definition) is 5. The number of hydrogen-bond donors (Lipinski definition) is 2. The van der Waals surface area contributed by atoms with Crippen LogP contribution in [0.4, 0.5) is 11.4 Å². The minimum atomic E-state index is -0.521. The summed E-state index contributed by atoms with van der Waals surface area (Å²) in [6, 6.07) is 9.91. The molecule has 3 heterocycles. The predicted octanol–water partition coefficient (Wildman–Crippen LogP) is 2.74. The molecule has 2 aromatic rings. The number of para-hydroxylation sites is 2. The van der Waals surface area contributed by atoms with Crippen molar-refractivity contribution in [1.82, 2.24) is 10.5 Å². The van der Waals surface area contributed by atoms with Gasteiger partial charge < -0.3 is 20.1 Å². The van der Waals surface area contributed by atoms with E-state index in [4.69, 9.17) is 4.52 Å². The number of aromatic nitrogens is 1. The van der Waals surface area contributed by atoms with Crippen molar-refractivity contribution in [2.45, 2.75) is 38.3 Å². The largest absolute Gasteiger partial charge is 0.369 e. The van der Waals surface area contributed by atoms with Crippen molar-refractivity contribution in [2.24, 2.45) is 0 Å². The van der Waals surface area contributed by atoms with Crippen LogP contribution in [0.25, 0.3) is 0 Å². The van der Waals surface area contributed by atoms with Gasteiger partial charge in [0.25, 0.3) is 5.91 Å². The Balaban J connectivity index is 0.00000182. The minimum Gasteiger partial charge on any atom is -0.369 e. The Hall–Kier alpha value is -2.05. The molecule has 0 radical (unpaired) electrons. The van der Waals surface area contributed by atoms with Gasteiger partial charge in [0.2, 0.25) is 0 Å². The van der Waals surface area contributed by atoms with E-state index in [2.05, 4.69) is 15.8 Å². The molecule has 1 spiro atoms. The molecule has 134 valence electrons. The summed E-state index contributed by atoms with van der Waals surface area (Å²) in [6.07, 6.45) is 2.39. The van der Waals surface area contributed by atoms with E-state index in [0.29, 0.717) is 6.54 Å². The zero-order chi connectivity index (χ0) is 16.6. The molecule has 0 unspecified atom stereocenters. The number of piperidine rings is 1. The molecule has 1 aromatic heterocycles. The lowest BCUT2D eigenvalue weighted by Crippen LogP contribution is -2.61. The van der Waals surface area contributed by atoms with Crippen molar-refractivity contribution in [3.63, 3.8) is 0 Å². The van der Waals surface area contributed by atoms with Gasteiger partial charge in [0.1, 0.15) is 5.54 Å². The number of carbonyl (C=O) groups is 1. The highest BCUT2D eigenvalue weighted by Crippen LogP contribution is 2.39. The topological polar surface area (TPSA) is 70.4 Å². The number of aryl methyl sites for hydroxylation is 1. The number of fused-ring (bicyclic) bond motifs is 1. The Bertz CT molecular complexity index is 755. The average molecular weight is 363 g/mol. The van der Waals surface area contributed by atoms with Gasteiger partial charge in [-0.3, -0.25) is 4.79 Å². The second kappa shape index (κ2) is 7.06. The van der Waals surface area contributed by atoms with Crippen molar-refractivity contribution >= 4 is 29.7 Å². The van der Waals surface area contributed by atoms with Gasteiger partial charge in [0, 0.05) is 6.07 Å². The fourth-order valence-electron chi connectivity index (χ4n) is 3.60. The summed E-state index contributed by atoms with van der Waals surface area (Å²) >= 11 is 0. The zero-order valence-corrected chi connectivity index (χ0v) is 15.1. The van der Waals surface area contributed by atoms with Crippen molar-refractivity contribution in [3.05, 3.63) is 41.8 Å². The summed E-state index contributed by atoms with van der Waals surface area (Å²) in [5.41, 5.74) is 2.31. The lowest BCUT2D eigenvalue weighted by atomic mass is 9.84. The molecule has 4 rings (SSSR count). The van der Waals surface area contributed by atoms with E-state index in [1.54, 1.807) is 0 Å². The van der Waals surface area contributed by atoms with Crippen molar-refractivity contribution in [2.75, 3.05) is 23.3 Å². The highest BCUT2D eigenvalue weighted by molar-refractivity contribution is 6.07. The van der Waals surface area contributed by atoms with E-state index in [1.165, 1.54) is 0 Å². The highest BCUT2D eigenvalue weighted by atomic mass is 35.5. The molecule has 6 nitrogen and oxygen atoms in total. The van der Waals surface area contributed by atoms with Gasteiger partial charge in [-0.1, -0.05) is 24.2 Å². The van der Waals surface area contributed by atoms with E-state index in [1.807, 2.05) is 42.2 Å². The van der Waals surface area contributed by atoms with Crippen LogP contribution in [-0.2, 0) is 17.8 Å². The molecule has 0 atom stereocenters. The fourth-order valence-corrected chi connectivity index (χ4v) is 3.60. The van der Waals surface area contributed by atoms with Crippen LogP contribution in [0.3, 0.4) is 0 Å². The molecule has 7 heteroatoms. The molecule has 1 saturated heterocycles. The van der Waals surface area contributed by atoms with E-state index >= 15 is 0 Å². The number of carbonyl (C=O) groups excluding carboxylic acids is 1. The predicted molar refractivity (Wildman–Crippen MR) is 99.2 cm³/mol. The number of nitrogens with one attached hydrogen (secondary N) is 2. The molecule has 0 saturated carbocycles. The van der Waals surface area contributed by atoms with Crippen LogP contribution in [0, 0.1) is 0 Å². The van der Waals surface area contributed by atoms with E-state index in [9.17, 15) is 4.79 Å². The monoisotopic (exact) mass is 362 g/mol. The van der Waals surface area contributed by atoms with Crippen LogP contribution in [0.2, 0.25) is 0 Å². The molecule has 0 aliphatic carbocycles. The summed E-state index contributed by atoms with van der Waals surface area (Å²) in [4.78, 5) is 15.2. The quantitative estimate of drug-likeness (QED) is 0.878. The second-order valence-corrected chi connectivity index (χ2v) is 6.50. The summed E-state index contributed by atoms with van der Waals surface area (Å²) in [6.45, 7) is 4.14. The molecule has 1 amide bonds. The molecule has 1 fully saturated rings. The standard InChI is InChI=1S/C18H22N4O2.ClH/c1-2-13-11-14(24-21-13)12-22-16-6-4-3-5-15(16)20-18(17(22)23)7-9-19-10-8-18;/h3-6,11,19-20H,2,7-10,12H2,1H3;1H. The Kier molecular flexibility index (Phi) is 5.01. The summed E-state index contributed by atoms with van der Waals surface area (Å²) in [7, 11) is 0. The molecule has 2 aliphatic heterocycles. The maximum Gasteiger partial charge on any atom is 0.253 e. The van der Waals surface area contributed by atoms with Crippen LogP contribution in [0.5, 0.6) is 0 Å². The molecular weight excluding hydrogens is 340 g/mol. The highest BCUT2D eigenvalue weighted by Gasteiger charge is 2.46. The van der Waals surface area contributed by atoms with Crippen molar-refractivity contribution < 1.29 is 9.32 Å². The van der Waals surface area contributed by atoms with Gasteiger partial charge in [0.05, 0.1) is 23.6 Å². The smallest absolute Gasteiger partial charge is 0.253 e. The van der Waals surface area contributed by atoms with Gasteiger partial charge in [-0.2, -0.15) is 0 Å². The Morgan fingerprint density at radius 3 is 2.76 bits per heavy atom. The van der Waals surface area contributed by atoms with E-state index in [0.717, 1.165) is 55.2 Å². The average Bonchev–Trinajstić information content (AvgIpc) is 3.07. The summed E-state index contributed by atoms with van der Waals surface area (Å²) < 4.78 is 5.42. The summed E-state index contributed by atoms with van der Waals surface area (Å²) in [5, 5.41) is 10.9. The first-order valence-electron chi connectivity index (χ1n) is 8.56. The van der Waals surface area contributed by atoms with Gasteiger partial charge >= 0.3 is 0 Å². The normalized spacial score (nSPS) is 18.4. The molecule has 25 heavy (non-hydrogen) atoms.